The summed E-state index contributed by atoms with van der Waals surface area (Å²) in [6.45, 7) is 8.13. The van der Waals surface area contributed by atoms with E-state index >= 15 is 0 Å². The lowest BCUT2D eigenvalue weighted by Crippen LogP contribution is -2.13. The molecular formula is C15H17F2N3O. The second-order valence-corrected chi connectivity index (χ2v) is 4.47. The highest BCUT2D eigenvalue weighted by molar-refractivity contribution is 5.77. The number of aromatic nitrogens is 1. The first-order valence-corrected chi connectivity index (χ1v) is 6.77. The molecule has 4 nitrogen and oxygen atoms in total. The molecule has 0 bridgehead atoms. The average Bonchev–Trinajstić information content (AvgIpc) is 2.91. The molecule has 0 aliphatic rings. The van der Waals surface area contributed by atoms with Crippen LogP contribution in [-0.4, -0.2) is 18.2 Å². The number of nitrogens with zero attached hydrogens (tertiary/aromatic N) is 2. The van der Waals surface area contributed by atoms with Gasteiger partial charge in [-0.25, -0.2) is 9.37 Å². The molecule has 0 unspecified atom stereocenters. The Kier molecular flexibility index (Phi) is 4.80. The van der Waals surface area contributed by atoms with Crippen LogP contribution in [0, 0.1) is 11.6 Å². The lowest BCUT2D eigenvalue weighted by atomic mass is 10.2. The quantitative estimate of drug-likeness (QED) is 0.827. The van der Waals surface area contributed by atoms with Crippen molar-refractivity contribution in [2.75, 3.05) is 6.54 Å². The molecule has 21 heavy (non-hydrogen) atoms. The molecule has 6 heteroatoms. The van der Waals surface area contributed by atoms with Gasteiger partial charge in [-0.15, -0.1) is 0 Å². The van der Waals surface area contributed by atoms with E-state index in [1.807, 2.05) is 13.8 Å². The SMILES string of the molecule is C=N/C(=C\CC)c1nc2cc(CNCC)c(F)c(F)c2o1. The van der Waals surface area contributed by atoms with Crippen LogP contribution in [0.5, 0.6) is 0 Å². The van der Waals surface area contributed by atoms with E-state index in [4.69, 9.17) is 4.42 Å². The molecule has 0 saturated heterocycles. The summed E-state index contributed by atoms with van der Waals surface area (Å²) < 4.78 is 33.3. The monoisotopic (exact) mass is 293 g/mol. The third kappa shape index (κ3) is 3.00. The van der Waals surface area contributed by atoms with Crippen molar-refractivity contribution in [3.05, 3.63) is 35.2 Å². The number of benzene rings is 1. The molecule has 0 radical (unpaired) electrons. The molecule has 2 aromatic rings. The van der Waals surface area contributed by atoms with E-state index in [2.05, 4.69) is 22.0 Å². The van der Waals surface area contributed by atoms with Crippen LogP contribution >= 0.6 is 0 Å². The number of halogens is 2. The maximum absolute atomic E-state index is 14.1. The van der Waals surface area contributed by atoms with Crippen LogP contribution in [0.3, 0.4) is 0 Å². The number of aliphatic imine (C=N–C) groups is 1. The zero-order valence-electron chi connectivity index (χ0n) is 12.0. The van der Waals surface area contributed by atoms with E-state index in [1.165, 1.54) is 6.07 Å². The Labute approximate surface area is 121 Å². The summed E-state index contributed by atoms with van der Waals surface area (Å²) in [7, 11) is 0. The fourth-order valence-electron chi connectivity index (χ4n) is 1.97. The van der Waals surface area contributed by atoms with E-state index in [1.54, 1.807) is 6.08 Å². The molecule has 0 spiro atoms. The third-order valence-corrected chi connectivity index (χ3v) is 2.99. The second kappa shape index (κ2) is 6.58. The maximum Gasteiger partial charge on any atom is 0.245 e. The first kappa shape index (κ1) is 15.3. The van der Waals surface area contributed by atoms with Gasteiger partial charge in [0.15, 0.2) is 11.4 Å². The van der Waals surface area contributed by atoms with Gasteiger partial charge in [0, 0.05) is 12.1 Å². The topological polar surface area (TPSA) is 50.4 Å². The molecule has 0 aliphatic carbocycles. The summed E-state index contributed by atoms with van der Waals surface area (Å²) in [6.07, 6.45) is 2.46. The molecule has 112 valence electrons. The van der Waals surface area contributed by atoms with Crippen molar-refractivity contribution < 1.29 is 13.2 Å². The Bertz CT molecular complexity index is 692. The van der Waals surface area contributed by atoms with Crippen LogP contribution in [-0.2, 0) is 6.54 Å². The average molecular weight is 293 g/mol. The highest BCUT2D eigenvalue weighted by Crippen LogP contribution is 2.27. The van der Waals surface area contributed by atoms with Gasteiger partial charge in [0.25, 0.3) is 0 Å². The minimum Gasteiger partial charge on any atom is -0.431 e. The first-order valence-electron chi connectivity index (χ1n) is 6.77. The van der Waals surface area contributed by atoms with Crippen LogP contribution in [0.1, 0.15) is 31.7 Å². The van der Waals surface area contributed by atoms with Crippen LogP contribution in [0.2, 0.25) is 0 Å². The molecule has 0 saturated carbocycles. The van der Waals surface area contributed by atoms with Crippen molar-refractivity contribution in [2.45, 2.75) is 26.8 Å². The van der Waals surface area contributed by atoms with E-state index in [9.17, 15) is 8.78 Å². The van der Waals surface area contributed by atoms with Crippen LogP contribution < -0.4 is 5.32 Å². The number of allylic oxidation sites excluding steroid dienone is 1. The number of hydrogen-bond acceptors (Lipinski definition) is 4. The van der Waals surface area contributed by atoms with Crippen molar-refractivity contribution in [1.29, 1.82) is 0 Å². The normalized spacial score (nSPS) is 12.1. The molecule has 1 aromatic carbocycles. The minimum atomic E-state index is -1.03. The molecule has 0 fully saturated rings. The second-order valence-electron chi connectivity index (χ2n) is 4.47. The van der Waals surface area contributed by atoms with Crippen LogP contribution in [0.4, 0.5) is 8.78 Å². The molecule has 0 amide bonds. The molecule has 1 aromatic heterocycles. The maximum atomic E-state index is 14.1. The minimum absolute atomic E-state index is 0.140. The summed E-state index contributed by atoms with van der Waals surface area (Å²) in [5.74, 6) is -1.81. The molecular weight excluding hydrogens is 276 g/mol. The Morgan fingerprint density at radius 3 is 2.81 bits per heavy atom. The summed E-state index contributed by atoms with van der Waals surface area (Å²) in [4.78, 5) is 7.96. The van der Waals surface area contributed by atoms with E-state index in [-0.39, 0.29) is 29.1 Å². The van der Waals surface area contributed by atoms with Crippen molar-refractivity contribution in [3.8, 4) is 0 Å². The number of hydrogen-bond donors (Lipinski definition) is 1. The summed E-state index contributed by atoms with van der Waals surface area (Å²) in [6, 6.07) is 1.48. The molecule has 0 aliphatic heterocycles. The van der Waals surface area contributed by atoms with Gasteiger partial charge in [-0.1, -0.05) is 19.9 Å². The van der Waals surface area contributed by atoms with E-state index < -0.39 is 11.6 Å². The molecule has 1 N–H and O–H groups in total. The lowest BCUT2D eigenvalue weighted by molar-refractivity contribution is 0.477. The summed E-state index contributed by atoms with van der Waals surface area (Å²) >= 11 is 0. The standard InChI is InChI=1S/C15H17F2N3O/c1-4-6-10(18-3)15-20-11-7-9(8-19-5-2)12(16)13(17)14(11)21-15/h6-7,19H,3-5,8H2,1-2H3/b10-6-. The summed E-state index contributed by atoms with van der Waals surface area (Å²) in [5.41, 5.74) is 0.701. The number of rotatable bonds is 6. The van der Waals surface area contributed by atoms with Gasteiger partial charge < -0.3 is 9.73 Å². The first-order chi connectivity index (χ1) is 10.1. The molecule has 0 atom stereocenters. The van der Waals surface area contributed by atoms with Crippen LogP contribution in [0.15, 0.2) is 21.6 Å². The van der Waals surface area contributed by atoms with Gasteiger partial charge in [0.2, 0.25) is 11.7 Å². The zero-order valence-corrected chi connectivity index (χ0v) is 12.0. The summed E-state index contributed by atoms with van der Waals surface area (Å²) in [5, 5.41) is 2.95. The van der Waals surface area contributed by atoms with Gasteiger partial charge in [0.1, 0.15) is 11.2 Å². The number of fused-ring (bicyclic) bond motifs is 1. The Morgan fingerprint density at radius 2 is 2.19 bits per heavy atom. The molecule has 2 rings (SSSR count). The van der Waals surface area contributed by atoms with Crippen molar-refractivity contribution >= 4 is 23.5 Å². The Hall–Kier alpha value is -2.08. The highest BCUT2D eigenvalue weighted by atomic mass is 19.2. The highest BCUT2D eigenvalue weighted by Gasteiger charge is 2.19. The smallest absolute Gasteiger partial charge is 0.245 e. The predicted molar refractivity (Wildman–Crippen MR) is 79.1 cm³/mol. The zero-order chi connectivity index (χ0) is 15.4. The third-order valence-electron chi connectivity index (χ3n) is 2.99. The largest absolute Gasteiger partial charge is 0.431 e. The Balaban J connectivity index is 2.54. The van der Waals surface area contributed by atoms with Gasteiger partial charge in [-0.05, 0) is 25.7 Å². The van der Waals surface area contributed by atoms with E-state index in [0.717, 1.165) is 0 Å². The predicted octanol–water partition coefficient (Wildman–Crippen LogP) is 3.67. The van der Waals surface area contributed by atoms with Gasteiger partial charge in [0.05, 0.1) is 0 Å². The Morgan fingerprint density at radius 1 is 1.43 bits per heavy atom. The fraction of sp³-hybridized carbons (Fsp3) is 0.333. The number of nitrogens with one attached hydrogen (secondary N) is 1. The van der Waals surface area contributed by atoms with Crippen LogP contribution in [0.25, 0.3) is 16.8 Å². The van der Waals surface area contributed by atoms with E-state index in [0.29, 0.717) is 18.7 Å². The van der Waals surface area contributed by atoms with Gasteiger partial charge in [-0.2, -0.15) is 4.39 Å². The number of oxazole rings is 1. The molecule has 1 heterocycles. The fourth-order valence-corrected chi connectivity index (χ4v) is 1.97. The van der Waals surface area contributed by atoms with Crippen molar-refractivity contribution in [1.82, 2.24) is 10.3 Å². The van der Waals surface area contributed by atoms with Gasteiger partial charge in [-0.3, -0.25) is 4.99 Å². The van der Waals surface area contributed by atoms with Crippen molar-refractivity contribution in [2.24, 2.45) is 4.99 Å². The van der Waals surface area contributed by atoms with Crippen molar-refractivity contribution in [3.63, 3.8) is 0 Å². The lowest BCUT2D eigenvalue weighted by Gasteiger charge is -2.04. The van der Waals surface area contributed by atoms with Gasteiger partial charge >= 0.3 is 0 Å².